The molecule has 170 valence electrons. The average molecular weight is 452 g/mol. The zero-order chi connectivity index (χ0) is 21.5. The Kier molecular flexibility index (Phi) is 8.75. The molecule has 32 heavy (non-hydrogen) atoms. The molecule has 1 fully saturated rings. The Balaban J connectivity index is 0.00000289. The van der Waals surface area contributed by atoms with Gasteiger partial charge in [-0.25, -0.2) is 0 Å². The van der Waals surface area contributed by atoms with Crippen molar-refractivity contribution < 1.29 is 9.84 Å². The predicted molar refractivity (Wildman–Crippen MR) is 134 cm³/mol. The fourth-order valence-corrected chi connectivity index (χ4v) is 4.82. The smallest absolute Gasteiger partial charge is 0.118 e. The second-order valence-electron chi connectivity index (χ2n) is 8.61. The largest absolute Gasteiger partial charge is 0.497 e. The molecule has 0 radical (unpaired) electrons. The fraction of sp³-hybridized carbons (Fsp3) is 0.357. The van der Waals surface area contributed by atoms with Gasteiger partial charge in [-0.2, -0.15) is 0 Å². The zero-order valence-electron chi connectivity index (χ0n) is 18.8. The van der Waals surface area contributed by atoms with E-state index in [0.29, 0.717) is 6.42 Å². The number of hydrogen-bond acceptors (Lipinski definition) is 3. The number of ether oxygens (including phenoxy) is 1. The van der Waals surface area contributed by atoms with Crippen LogP contribution in [0.3, 0.4) is 0 Å². The van der Waals surface area contributed by atoms with Crippen LogP contribution >= 0.6 is 12.4 Å². The van der Waals surface area contributed by atoms with Gasteiger partial charge >= 0.3 is 0 Å². The maximum atomic E-state index is 12.4. The van der Waals surface area contributed by atoms with Gasteiger partial charge in [0.15, 0.2) is 0 Å². The SMILES string of the molecule is COc1ccc(C(O)(CCc2ccccc2)C(CN2CCCC2)c2ccccc2)cc1.Cl. The third kappa shape index (κ3) is 5.72. The maximum Gasteiger partial charge on any atom is 0.118 e. The minimum absolute atomic E-state index is 0. The molecular formula is C28H34ClNO2. The van der Waals surface area contributed by atoms with Gasteiger partial charge in [0.25, 0.3) is 0 Å². The molecule has 1 saturated heterocycles. The third-order valence-corrected chi connectivity index (χ3v) is 6.65. The highest BCUT2D eigenvalue weighted by molar-refractivity contribution is 5.85. The minimum Gasteiger partial charge on any atom is -0.497 e. The lowest BCUT2D eigenvalue weighted by Crippen LogP contribution is -2.41. The lowest BCUT2D eigenvalue weighted by molar-refractivity contribution is -0.0109. The van der Waals surface area contributed by atoms with E-state index in [9.17, 15) is 5.11 Å². The second kappa shape index (κ2) is 11.5. The molecule has 3 aromatic carbocycles. The standard InChI is InChI=1S/C28H33NO2.ClH/c1-31-26-16-14-25(15-17-26)28(30,19-18-23-10-4-2-5-11-23)27(22-29-20-8-9-21-29)24-12-6-3-7-13-24;/h2-7,10-17,27,30H,8-9,18-22H2,1H3;1H. The van der Waals surface area contributed by atoms with E-state index in [1.807, 2.05) is 36.4 Å². The molecule has 0 bridgehead atoms. The van der Waals surface area contributed by atoms with Crippen LogP contribution in [-0.4, -0.2) is 36.8 Å². The molecule has 1 aliphatic rings. The molecule has 3 nitrogen and oxygen atoms in total. The van der Waals surface area contributed by atoms with Crippen LogP contribution in [0.2, 0.25) is 0 Å². The molecule has 0 aliphatic carbocycles. The molecule has 2 unspecified atom stereocenters. The van der Waals surface area contributed by atoms with E-state index < -0.39 is 5.60 Å². The summed E-state index contributed by atoms with van der Waals surface area (Å²) in [7, 11) is 1.68. The summed E-state index contributed by atoms with van der Waals surface area (Å²) in [5.74, 6) is 0.800. The quantitative estimate of drug-likeness (QED) is 0.445. The third-order valence-electron chi connectivity index (χ3n) is 6.65. The summed E-state index contributed by atoms with van der Waals surface area (Å²) in [5.41, 5.74) is 2.42. The zero-order valence-corrected chi connectivity index (χ0v) is 19.6. The van der Waals surface area contributed by atoms with E-state index in [4.69, 9.17) is 4.74 Å². The summed E-state index contributed by atoms with van der Waals surface area (Å²) in [6.45, 7) is 3.09. The van der Waals surface area contributed by atoms with Crippen LogP contribution in [0.15, 0.2) is 84.9 Å². The fourth-order valence-electron chi connectivity index (χ4n) is 4.82. The topological polar surface area (TPSA) is 32.7 Å². The van der Waals surface area contributed by atoms with Crippen LogP contribution in [0.25, 0.3) is 0 Å². The van der Waals surface area contributed by atoms with Gasteiger partial charge in [0.05, 0.1) is 12.7 Å². The molecule has 1 heterocycles. The molecule has 1 N–H and O–H groups in total. The van der Waals surface area contributed by atoms with Crippen molar-refractivity contribution in [1.29, 1.82) is 0 Å². The highest BCUT2D eigenvalue weighted by atomic mass is 35.5. The number of methoxy groups -OCH3 is 1. The molecule has 3 aromatic rings. The minimum atomic E-state index is -0.980. The summed E-state index contributed by atoms with van der Waals surface area (Å²) in [6, 6.07) is 29.0. The van der Waals surface area contributed by atoms with Crippen molar-refractivity contribution in [3.63, 3.8) is 0 Å². The van der Waals surface area contributed by atoms with Gasteiger partial charge in [0.2, 0.25) is 0 Å². The van der Waals surface area contributed by atoms with E-state index in [0.717, 1.165) is 37.4 Å². The number of benzene rings is 3. The molecule has 1 aliphatic heterocycles. The van der Waals surface area contributed by atoms with E-state index in [1.54, 1.807) is 7.11 Å². The molecule has 2 atom stereocenters. The number of aliphatic hydroxyl groups is 1. The van der Waals surface area contributed by atoms with Crippen molar-refractivity contribution >= 4 is 12.4 Å². The van der Waals surface area contributed by atoms with Crippen molar-refractivity contribution in [2.24, 2.45) is 0 Å². The molecule has 4 heteroatoms. The number of nitrogens with zero attached hydrogens (tertiary/aromatic N) is 1. The van der Waals surface area contributed by atoms with Gasteiger partial charge in [-0.15, -0.1) is 12.4 Å². The van der Waals surface area contributed by atoms with Crippen LogP contribution in [0, 0.1) is 0 Å². The summed E-state index contributed by atoms with van der Waals surface area (Å²) >= 11 is 0. The molecular weight excluding hydrogens is 418 g/mol. The van der Waals surface area contributed by atoms with Gasteiger partial charge in [-0.05, 0) is 67.6 Å². The molecule has 0 aromatic heterocycles. The van der Waals surface area contributed by atoms with Gasteiger partial charge < -0.3 is 14.7 Å². The summed E-state index contributed by atoms with van der Waals surface area (Å²) < 4.78 is 5.37. The molecule has 4 rings (SSSR count). The first-order valence-corrected chi connectivity index (χ1v) is 11.4. The van der Waals surface area contributed by atoms with E-state index in [2.05, 4.69) is 53.4 Å². The predicted octanol–water partition coefficient (Wildman–Crippen LogP) is 5.82. The van der Waals surface area contributed by atoms with E-state index in [1.165, 1.54) is 24.0 Å². The van der Waals surface area contributed by atoms with Gasteiger partial charge in [-0.3, -0.25) is 0 Å². The van der Waals surface area contributed by atoms with E-state index >= 15 is 0 Å². The molecule has 0 amide bonds. The van der Waals surface area contributed by atoms with Crippen LogP contribution in [-0.2, 0) is 12.0 Å². The van der Waals surface area contributed by atoms with Crippen molar-refractivity contribution in [3.05, 3.63) is 102 Å². The van der Waals surface area contributed by atoms with Crippen LogP contribution in [0.1, 0.15) is 41.9 Å². The number of rotatable bonds is 9. The Morgan fingerprint density at radius 2 is 1.47 bits per heavy atom. The van der Waals surface area contributed by atoms with Gasteiger partial charge in [-0.1, -0.05) is 72.8 Å². The molecule has 0 spiro atoms. The van der Waals surface area contributed by atoms with Crippen LogP contribution in [0.4, 0.5) is 0 Å². The van der Waals surface area contributed by atoms with Crippen molar-refractivity contribution in [1.82, 2.24) is 4.90 Å². The Morgan fingerprint density at radius 1 is 0.875 bits per heavy atom. The first-order valence-electron chi connectivity index (χ1n) is 11.4. The first-order chi connectivity index (χ1) is 15.2. The Morgan fingerprint density at radius 3 is 2.06 bits per heavy atom. The number of aryl methyl sites for hydroxylation is 1. The average Bonchev–Trinajstić information content (AvgIpc) is 3.36. The van der Waals surface area contributed by atoms with Crippen molar-refractivity contribution in [3.8, 4) is 5.75 Å². The number of likely N-dealkylation sites (tertiary alicyclic amines) is 1. The van der Waals surface area contributed by atoms with Crippen molar-refractivity contribution in [2.45, 2.75) is 37.2 Å². The highest BCUT2D eigenvalue weighted by Crippen LogP contribution is 2.42. The first kappa shape index (κ1) is 24.3. The summed E-state index contributed by atoms with van der Waals surface area (Å²) in [5, 5.41) is 12.4. The number of hydrogen-bond donors (Lipinski definition) is 1. The van der Waals surface area contributed by atoms with Crippen LogP contribution < -0.4 is 4.74 Å². The lowest BCUT2D eigenvalue weighted by Gasteiger charge is -2.39. The van der Waals surface area contributed by atoms with Crippen LogP contribution in [0.5, 0.6) is 5.75 Å². The second-order valence-corrected chi connectivity index (χ2v) is 8.61. The summed E-state index contributed by atoms with van der Waals surface area (Å²) in [6.07, 6.45) is 3.97. The van der Waals surface area contributed by atoms with E-state index in [-0.39, 0.29) is 18.3 Å². The number of halogens is 1. The Labute approximate surface area is 198 Å². The summed E-state index contributed by atoms with van der Waals surface area (Å²) in [4.78, 5) is 2.51. The Bertz CT molecular complexity index is 927. The normalized spacial score (nSPS) is 16.7. The highest BCUT2D eigenvalue weighted by Gasteiger charge is 2.40. The lowest BCUT2D eigenvalue weighted by atomic mass is 9.73. The Hall–Kier alpha value is -2.33. The van der Waals surface area contributed by atoms with Gasteiger partial charge in [0.1, 0.15) is 5.75 Å². The van der Waals surface area contributed by atoms with Gasteiger partial charge in [0, 0.05) is 12.5 Å². The maximum absolute atomic E-state index is 12.4. The van der Waals surface area contributed by atoms with Crippen molar-refractivity contribution in [2.75, 3.05) is 26.7 Å². The molecule has 0 saturated carbocycles. The monoisotopic (exact) mass is 451 g/mol.